The van der Waals surface area contributed by atoms with Gasteiger partial charge in [-0.05, 0) is 36.5 Å². The van der Waals surface area contributed by atoms with Crippen LogP contribution in [0.25, 0.3) is 0 Å². The summed E-state index contributed by atoms with van der Waals surface area (Å²) in [6.07, 6.45) is 2.65. The Kier molecular flexibility index (Phi) is 5.41. The molecule has 110 valence electrons. The second kappa shape index (κ2) is 7.29. The van der Waals surface area contributed by atoms with Crippen molar-refractivity contribution in [1.82, 2.24) is 5.32 Å². The summed E-state index contributed by atoms with van der Waals surface area (Å²) in [6, 6.07) is 8.38. The van der Waals surface area contributed by atoms with Crippen molar-refractivity contribution in [2.24, 2.45) is 5.92 Å². The Morgan fingerprint density at radius 3 is 2.50 bits per heavy atom. The van der Waals surface area contributed by atoms with E-state index in [1.807, 2.05) is 6.92 Å². The average molecular weight is 276 g/mol. The zero-order valence-corrected chi connectivity index (χ0v) is 12.1. The number of nitrogens with zero attached hydrogens (tertiary/aromatic N) is 1. The number of anilines is 1. The minimum atomic E-state index is 0.0835. The first kappa shape index (κ1) is 14.9. The molecule has 1 heterocycles. The molecule has 0 bridgehead atoms. The zero-order valence-electron chi connectivity index (χ0n) is 12.1. The van der Waals surface area contributed by atoms with Crippen LogP contribution in [0.4, 0.5) is 5.69 Å². The van der Waals surface area contributed by atoms with Crippen LogP contribution >= 0.6 is 0 Å². The van der Waals surface area contributed by atoms with Crippen LogP contribution in [0, 0.1) is 5.92 Å². The van der Waals surface area contributed by atoms with E-state index in [4.69, 9.17) is 5.11 Å². The molecule has 0 radical (unpaired) electrons. The number of benzene rings is 1. The monoisotopic (exact) mass is 276 g/mol. The number of hydrogen-bond donors (Lipinski definition) is 2. The number of aliphatic hydroxyl groups excluding tert-OH is 1. The number of piperidine rings is 1. The van der Waals surface area contributed by atoms with Gasteiger partial charge in [0.05, 0.1) is 0 Å². The highest BCUT2D eigenvalue weighted by molar-refractivity contribution is 5.75. The first-order valence-corrected chi connectivity index (χ1v) is 7.44. The molecule has 20 heavy (non-hydrogen) atoms. The van der Waals surface area contributed by atoms with Gasteiger partial charge in [0.25, 0.3) is 0 Å². The fraction of sp³-hybridized carbons (Fsp3) is 0.562. The maximum Gasteiger partial charge on any atom is 0.219 e. The molecule has 0 spiro atoms. The third-order valence-electron chi connectivity index (χ3n) is 3.99. The molecule has 2 rings (SSSR count). The molecule has 1 aliphatic heterocycles. The predicted molar refractivity (Wildman–Crippen MR) is 80.6 cm³/mol. The minimum absolute atomic E-state index is 0.0835. The minimum Gasteiger partial charge on any atom is -0.396 e. The van der Waals surface area contributed by atoms with Gasteiger partial charge < -0.3 is 15.3 Å². The highest BCUT2D eigenvalue weighted by Crippen LogP contribution is 2.23. The quantitative estimate of drug-likeness (QED) is 0.864. The van der Waals surface area contributed by atoms with Gasteiger partial charge in [0.15, 0.2) is 0 Å². The molecular formula is C16H24N2O2. The van der Waals surface area contributed by atoms with Crippen molar-refractivity contribution in [1.29, 1.82) is 0 Å². The van der Waals surface area contributed by atoms with Gasteiger partial charge in [0.1, 0.15) is 0 Å². The third-order valence-corrected chi connectivity index (χ3v) is 3.99. The second-order valence-electron chi connectivity index (χ2n) is 5.41. The van der Waals surface area contributed by atoms with Crippen LogP contribution in [0.5, 0.6) is 0 Å². The van der Waals surface area contributed by atoms with Crippen molar-refractivity contribution in [3.8, 4) is 0 Å². The van der Waals surface area contributed by atoms with E-state index >= 15 is 0 Å². The maximum atomic E-state index is 11.2. The SMILES string of the molecule is CCC(=O)NCc1ccc(N2CCC(CO)CC2)cc1. The van der Waals surface area contributed by atoms with Crippen LogP contribution in [0.1, 0.15) is 31.7 Å². The molecule has 1 aromatic carbocycles. The fourth-order valence-corrected chi connectivity index (χ4v) is 2.52. The number of rotatable bonds is 5. The summed E-state index contributed by atoms with van der Waals surface area (Å²) in [5, 5.41) is 12.0. The molecular weight excluding hydrogens is 252 g/mol. The predicted octanol–water partition coefficient (Wildman–Crippen LogP) is 1.92. The Morgan fingerprint density at radius 2 is 1.95 bits per heavy atom. The van der Waals surface area contributed by atoms with Crippen molar-refractivity contribution in [2.75, 3.05) is 24.6 Å². The first-order chi connectivity index (χ1) is 9.72. The Balaban J connectivity index is 1.87. The largest absolute Gasteiger partial charge is 0.396 e. The van der Waals surface area contributed by atoms with Crippen LogP contribution in [0.3, 0.4) is 0 Å². The molecule has 0 aliphatic carbocycles. The Bertz CT molecular complexity index is 423. The Labute approximate surface area is 120 Å². The molecule has 1 aromatic rings. The highest BCUT2D eigenvalue weighted by Gasteiger charge is 2.18. The van der Waals surface area contributed by atoms with Crippen LogP contribution < -0.4 is 10.2 Å². The zero-order chi connectivity index (χ0) is 14.4. The normalized spacial score (nSPS) is 16.2. The van der Waals surface area contributed by atoms with Gasteiger partial charge in [-0.15, -0.1) is 0 Å². The molecule has 1 aliphatic rings. The smallest absolute Gasteiger partial charge is 0.219 e. The first-order valence-electron chi connectivity index (χ1n) is 7.44. The standard InChI is InChI=1S/C16H24N2O2/c1-2-16(20)17-11-13-3-5-15(6-4-13)18-9-7-14(12-19)8-10-18/h3-6,14,19H,2,7-12H2,1H3,(H,17,20). The third kappa shape index (κ3) is 3.97. The molecule has 0 unspecified atom stereocenters. The van der Waals surface area contributed by atoms with Gasteiger partial charge in [0.2, 0.25) is 5.91 Å². The molecule has 0 atom stereocenters. The lowest BCUT2D eigenvalue weighted by atomic mass is 9.97. The topological polar surface area (TPSA) is 52.6 Å². The summed E-state index contributed by atoms with van der Waals surface area (Å²) >= 11 is 0. The Morgan fingerprint density at radius 1 is 1.30 bits per heavy atom. The molecule has 4 nitrogen and oxygen atoms in total. The van der Waals surface area contributed by atoms with E-state index in [1.54, 1.807) is 0 Å². The van der Waals surface area contributed by atoms with Crippen LogP contribution in [-0.2, 0) is 11.3 Å². The summed E-state index contributed by atoms with van der Waals surface area (Å²) in [5.41, 5.74) is 2.35. The van der Waals surface area contributed by atoms with E-state index in [1.165, 1.54) is 5.69 Å². The van der Waals surface area contributed by atoms with Gasteiger partial charge in [-0.2, -0.15) is 0 Å². The van der Waals surface area contributed by atoms with Gasteiger partial charge >= 0.3 is 0 Å². The summed E-state index contributed by atoms with van der Waals surface area (Å²) in [6.45, 7) is 4.78. The lowest BCUT2D eigenvalue weighted by molar-refractivity contribution is -0.120. The van der Waals surface area contributed by atoms with E-state index in [2.05, 4.69) is 34.5 Å². The number of hydrogen-bond acceptors (Lipinski definition) is 3. The second-order valence-corrected chi connectivity index (χ2v) is 5.41. The molecule has 1 amide bonds. The van der Waals surface area contributed by atoms with Crippen LogP contribution in [0.2, 0.25) is 0 Å². The van der Waals surface area contributed by atoms with Crippen LogP contribution in [-0.4, -0.2) is 30.7 Å². The summed E-state index contributed by atoms with van der Waals surface area (Å²) < 4.78 is 0. The highest BCUT2D eigenvalue weighted by atomic mass is 16.3. The number of nitrogens with one attached hydrogen (secondary N) is 1. The summed E-state index contributed by atoms with van der Waals surface area (Å²) in [7, 11) is 0. The number of carbonyl (C=O) groups excluding carboxylic acids is 1. The van der Waals surface area contributed by atoms with E-state index in [0.29, 0.717) is 25.5 Å². The maximum absolute atomic E-state index is 11.2. The van der Waals surface area contributed by atoms with Crippen molar-refractivity contribution in [3.05, 3.63) is 29.8 Å². The van der Waals surface area contributed by atoms with Crippen molar-refractivity contribution < 1.29 is 9.90 Å². The van der Waals surface area contributed by atoms with Gasteiger partial charge in [-0.1, -0.05) is 19.1 Å². The van der Waals surface area contributed by atoms with Gasteiger partial charge in [-0.25, -0.2) is 0 Å². The molecule has 4 heteroatoms. The Hall–Kier alpha value is -1.55. The molecule has 2 N–H and O–H groups in total. The number of amides is 1. The van der Waals surface area contributed by atoms with Gasteiger partial charge in [0, 0.05) is 38.3 Å². The van der Waals surface area contributed by atoms with Crippen LogP contribution in [0.15, 0.2) is 24.3 Å². The average Bonchev–Trinajstić information content (AvgIpc) is 2.53. The summed E-state index contributed by atoms with van der Waals surface area (Å²) in [4.78, 5) is 13.6. The molecule has 0 aromatic heterocycles. The fourth-order valence-electron chi connectivity index (χ4n) is 2.52. The summed E-state index contributed by atoms with van der Waals surface area (Å²) in [5.74, 6) is 0.551. The lowest BCUT2D eigenvalue weighted by Crippen LogP contribution is -2.34. The van der Waals surface area contributed by atoms with Crippen molar-refractivity contribution >= 4 is 11.6 Å². The van der Waals surface area contributed by atoms with Crippen molar-refractivity contribution in [2.45, 2.75) is 32.7 Å². The lowest BCUT2D eigenvalue weighted by Gasteiger charge is -2.33. The number of carbonyl (C=O) groups is 1. The van der Waals surface area contributed by atoms with Gasteiger partial charge in [-0.3, -0.25) is 4.79 Å². The van der Waals surface area contributed by atoms with E-state index in [0.717, 1.165) is 31.5 Å². The number of aliphatic hydroxyl groups is 1. The van der Waals surface area contributed by atoms with E-state index in [-0.39, 0.29) is 5.91 Å². The van der Waals surface area contributed by atoms with E-state index in [9.17, 15) is 4.79 Å². The van der Waals surface area contributed by atoms with E-state index < -0.39 is 0 Å². The molecule has 0 saturated carbocycles. The molecule has 1 saturated heterocycles. The molecule has 1 fully saturated rings. The van der Waals surface area contributed by atoms with Crippen molar-refractivity contribution in [3.63, 3.8) is 0 Å².